The molecular formula is C50H47N. The maximum absolute atomic E-state index is 2.59. The molecule has 5 aromatic rings. The zero-order chi connectivity index (χ0) is 33.1. The lowest BCUT2D eigenvalue weighted by atomic mass is 9.43. The van der Waals surface area contributed by atoms with E-state index in [-0.39, 0.29) is 10.8 Å². The summed E-state index contributed by atoms with van der Waals surface area (Å²) in [5.74, 6) is 7.02. The minimum atomic E-state index is 0.208. The van der Waals surface area contributed by atoms with Crippen molar-refractivity contribution in [3.05, 3.63) is 138 Å². The van der Waals surface area contributed by atoms with Crippen LogP contribution >= 0.6 is 0 Å². The third-order valence-corrected chi connectivity index (χ3v) is 16.6. The van der Waals surface area contributed by atoms with Gasteiger partial charge in [0.25, 0.3) is 0 Å². The van der Waals surface area contributed by atoms with E-state index < -0.39 is 0 Å². The molecular weight excluding hydrogens is 615 g/mol. The molecule has 0 aliphatic heterocycles. The number of fused-ring (bicyclic) bond motifs is 6. The summed E-state index contributed by atoms with van der Waals surface area (Å²) in [5.41, 5.74) is 16.8. The van der Waals surface area contributed by atoms with Crippen LogP contribution in [0.4, 0.5) is 17.1 Å². The average molecular weight is 662 g/mol. The minimum Gasteiger partial charge on any atom is -0.310 e. The smallest absolute Gasteiger partial charge is 0.0468 e. The predicted octanol–water partition coefficient (Wildman–Crippen LogP) is 12.6. The van der Waals surface area contributed by atoms with Crippen molar-refractivity contribution < 1.29 is 0 Å². The minimum absolute atomic E-state index is 0.208. The standard InChI is InChI=1S/C50H47N/c1-2-8-38(9-3-1)51(39-14-16-47-43(28-39)41-10-4-6-12-45(41)49(47)34-20-30-18-31(22-34)23-35(49)21-30)40-15-17-48-44(29-40)42-11-5-7-13-46(42)50(48)36-24-32-19-33(26-36)27-37(50)25-32/h1-17,28-37H,18-27H2. The topological polar surface area (TPSA) is 3.24 Å². The molecule has 8 fully saturated rings. The van der Waals surface area contributed by atoms with Gasteiger partial charge < -0.3 is 4.90 Å². The van der Waals surface area contributed by atoms with E-state index in [9.17, 15) is 0 Å². The fourth-order valence-corrected chi connectivity index (χ4v) is 15.6. The number of nitrogens with zero attached hydrogens (tertiary/aromatic N) is 1. The van der Waals surface area contributed by atoms with Crippen LogP contribution in [0.15, 0.2) is 115 Å². The van der Waals surface area contributed by atoms with Crippen molar-refractivity contribution in [1.82, 2.24) is 0 Å². The van der Waals surface area contributed by atoms with Crippen molar-refractivity contribution >= 4 is 17.1 Å². The molecule has 10 aliphatic rings. The molecule has 0 amide bonds. The lowest BCUT2D eigenvalue weighted by Crippen LogP contribution is -2.55. The van der Waals surface area contributed by atoms with E-state index in [0.29, 0.717) is 0 Å². The summed E-state index contributed by atoms with van der Waals surface area (Å²) >= 11 is 0. The molecule has 0 aromatic heterocycles. The summed E-state index contributed by atoms with van der Waals surface area (Å²) in [7, 11) is 0. The molecule has 8 saturated carbocycles. The Kier molecular flexibility index (Phi) is 5.50. The highest BCUT2D eigenvalue weighted by atomic mass is 15.1. The first-order valence-electron chi connectivity index (χ1n) is 20.5. The van der Waals surface area contributed by atoms with Crippen molar-refractivity contribution in [3.8, 4) is 22.3 Å². The van der Waals surface area contributed by atoms with Gasteiger partial charge in [0.2, 0.25) is 0 Å². The number of hydrogen-bond acceptors (Lipinski definition) is 1. The van der Waals surface area contributed by atoms with Gasteiger partial charge in [-0.3, -0.25) is 0 Å². The molecule has 0 radical (unpaired) electrons. The van der Waals surface area contributed by atoms with E-state index in [0.717, 1.165) is 47.3 Å². The van der Waals surface area contributed by atoms with Gasteiger partial charge in [0.1, 0.15) is 0 Å². The predicted molar refractivity (Wildman–Crippen MR) is 208 cm³/mol. The highest BCUT2D eigenvalue weighted by Crippen LogP contribution is 2.71. The van der Waals surface area contributed by atoms with Crippen LogP contribution in [0.5, 0.6) is 0 Å². The van der Waals surface area contributed by atoms with Crippen LogP contribution in [0.25, 0.3) is 22.3 Å². The van der Waals surface area contributed by atoms with Gasteiger partial charge in [-0.15, -0.1) is 0 Å². The molecule has 0 atom stereocenters. The summed E-state index contributed by atoms with van der Waals surface area (Å²) in [5, 5.41) is 0. The Hall–Kier alpha value is -4.10. The molecule has 2 spiro atoms. The van der Waals surface area contributed by atoms with Crippen LogP contribution in [0, 0.1) is 47.3 Å². The first kappa shape index (κ1) is 28.5. The third-order valence-electron chi connectivity index (χ3n) is 16.6. The van der Waals surface area contributed by atoms with Crippen molar-refractivity contribution in [3.63, 3.8) is 0 Å². The molecule has 1 nitrogen and oxygen atoms in total. The quantitative estimate of drug-likeness (QED) is 0.186. The molecule has 0 saturated heterocycles. The van der Waals surface area contributed by atoms with Gasteiger partial charge >= 0.3 is 0 Å². The molecule has 8 bridgehead atoms. The third kappa shape index (κ3) is 3.46. The molecule has 0 N–H and O–H groups in total. The van der Waals surface area contributed by atoms with Gasteiger partial charge in [0.05, 0.1) is 0 Å². The Balaban J connectivity index is 0.987. The average Bonchev–Trinajstić information content (AvgIpc) is 3.61. The van der Waals surface area contributed by atoms with E-state index in [4.69, 9.17) is 0 Å². The Morgan fingerprint density at radius 2 is 0.706 bits per heavy atom. The van der Waals surface area contributed by atoms with Crippen molar-refractivity contribution in [2.75, 3.05) is 4.90 Å². The normalized spacial score (nSPS) is 36.4. The summed E-state index contributed by atoms with van der Waals surface area (Å²) < 4.78 is 0. The van der Waals surface area contributed by atoms with E-state index in [2.05, 4.69) is 120 Å². The second-order valence-corrected chi connectivity index (χ2v) is 18.6. The monoisotopic (exact) mass is 661 g/mol. The summed E-state index contributed by atoms with van der Waals surface area (Å²) in [4.78, 5) is 2.57. The maximum atomic E-state index is 2.59. The number of anilines is 3. The molecule has 51 heavy (non-hydrogen) atoms. The molecule has 252 valence electrons. The van der Waals surface area contributed by atoms with Gasteiger partial charge in [-0.2, -0.15) is 0 Å². The van der Waals surface area contributed by atoms with Crippen molar-refractivity contribution in [1.29, 1.82) is 0 Å². The SMILES string of the molecule is c1ccc(N(c2ccc3c(c2)-c2ccccc2C32C3CC4CC(C3)CC2C4)c2ccc3c(c2)-c2ccccc2C32C3CC4CC(C3)CC2C4)cc1. The summed E-state index contributed by atoms with van der Waals surface area (Å²) in [6, 6.07) is 45.7. The lowest BCUT2D eigenvalue weighted by Gasteiger charge is -2.61. The van der Waals surface area contributed by atoms with E-state index in [1.165, 1.54) is 104 Å². The highest BCUT2D eigenvalue weighted by Gasteiger charge is 2.63. The van der Waals surface area contributed by atoms with E-state index in [1.807, 2.05) is 0 Å². The Bertz CT molecular complexity index is 2060. The first-order chi connectivity index (χ1) is 25.2. The van der Waals surface area contributed by atoms with Crippen LogP contribution in [0.1, 0.15) is 86.5 Å². The number of hydrogen-bond donors (Lipinski definition) is 0. The second-order valence-electron chi connectivity index (χ2n) is 18.6. The Labute approximate surface area is 303 Å². The van der Waals surface area contributed by atoms with E-state index in [1.54, 1.807) is 22.3 Å². The van der Waals surface area contributed by atoms with Crippen LogP contribution in [0.3, 0.4) is 0 Å². The van der Waals surface area contributed by atoms with Crippen molar-refractivity contribution in [2.45, 2.75) is 75.0 Å². The summed E-state index contributed by atoms with van der Waals surface area (Å²) in [6.45, 7) is 0. The fourth-order valence-electron chi connectivity index (χ4n) is 15.6. The lowest BCUT2D eigenvalue weighted by molar-refractivity contribution is -0.0399. The summed E-state index contributed by atoms with van der Waals surface area (Å²) in [6.07, 6.45) is 14.4. The number of rotatable bonds is 3. The van der Waals surface area contributed by atoms with Gasteiger partial charge in [-0.1, -0.05) is 78.9 Å². The van der Waals surface area contributed by atoms with Crippen molar-refractivity contribution in [2.24, 2.45) is 47.3 Å². The molecule has 0 unspecified atom stereocenters. The zero-order valence-electron chi connectivity index (χ0n) is 29.6. The molecule has 1 heteroatoms. The van der Waals surface area contributed by atoms with Crippen LogP contribution in [-0.4, -0.2) is 0 Å². The van der Waals surface area contributed by atoms with Gasteiger partial charge in [0, 0.05) is 27.9 Å². The van der Waals surface area contributed by atoms with E-state index >= 15 is 0 Å². The van der Waals surface area contributed by atoms with Gasteiger partial charge in [0.15, 0.2) is 0 Å². The molecule has 5 aromatic carbocycles. The Morgan fingerprint density at radius 1 is 0.333 bits per heavy atom. The first-order valence-corrected chi connectivity index (χ1v) is 20.5. The maximum Gasteiger partial charge on any atom is 0.0468 e. The number of para-hydroxylation sites is 1. The van der Waals surface area contributed by atoms with Crippen LogP contribution in [0.2, 0.25) is 0 Å². The largest absolute Gasteiger partial charge is 0.310 e. The second kappa shape index (κ2) is 9.86. The Morgan fingerprint density at radius 3 is 1.14 bits per heavy atom. The zero-order valence-corrected chi connectivity index (χ0v) is 29.6. The van der Waals surface area contributed by atoms with Crippen LogP contribution in [-0.2, 0) is 10.8 Å². The van der Waals surface area contributed by atoms with Gasteiger partial charge in [-0.25, -0.2) is 0 Å². The molecule has 0 heterocycles. The van der Waals surface area contributed by atoms with Gasteiger partial charge in [-0.05, 0) is 192 Å². The molecule has 15 rings (SSSR count). The molecule has 10 aliphatic carbocycles. The highest BCUT2D eigenvalue weighted by molar-refractivity contribution is 5.90. The van der Waals surface area contributed by atoms with Crippen LogP contribution < -0.4 is 4.90 Å². The fraction of sp³-hybridized carbons (Fsp3) is 0.400. The number of benzene rings is 5.